The first-order chi connectivity index (χ1) is 19.8. The molecule has 41 heavy (non-hydrogen) atoms. The van der Waals surface area contributed by atoms with E-state index in [1.165, 1.54) is 16.7 Å². The number of carbonyl (C=O) groups is 3. The number of carbonyl (C=O) groups excluding carboxylic acids is 3. The van der Waals surface area contributed by atoms with Gasteiger partial charge in [-0.3, -0.25) is 14.5 Å². The zero-order valence-electron chi connectivity index (χ0n) is 22.4. The molecule has 0 spiro atoms. The predicted molar refractivity (Wildman–Crippen MR) is 150 cm³/mol. The van der Waals surface area contributed by atoms with E-state index in [0.29, 0.717) is 11.3 Å². The Kier molecular flexibility index (Phi) is 8.51. The summed E-state index contributed by atoms with van der Waals surface area (Å²) in [6.07, 6.45) is 4.87. The van der Waals surface area contributed by atoms with E-state index in [-0.39, 0.29) is 35.5 Å². The number of hydrogen-bond donors (Lipinski definition) is 3. The number of anilines is 1. The van der Waals surface area contributed by atoms with Crippen molar-refractivity contribution in [3.8, 4) is 0 Å². The fourth-order valence-corrected chi connectivity index (χ4v) is 6.60. The molecule has 0 saturated carbocycles. The van der Waals surface area contributed by atoms with E-state index in [2.05, 4.69) is 29.7 Å². The van der Waals surface area contributed by atoms with Gasteiger partial charge in [0.2, 0.25) is 17.1 Å². The summed E-state index contributed by atoms with van der Waals surface area (Å²) >= 11 is 2.25. The van der Waals surface area contributed by atoms with Gasteiger partial charge in [0.15, 0.2) is 17.9 Å². The highest BCUT2D eigenvalue weighted by Gasteiger charge is 2.53. The number of amides is 2. The maximum absolute atomic E-state index is 13.2. The summed E-state index contributed by atoms with van der Waals surface area (Å²) in [5, 5.41) is 21.4. The van der Waals surface area contributed by atoms with Crippen LogP contribution in [0.1, 0.15) is 19.2 Å². The SMILES string of the molecule is CCO/N=C(\C(=O)N[C@@H]1C(=O)N2C(C(=O)[O-])=C(C[n+]3cccc4c3ccn4CCCNC)CS[C@H]12)c1nsc(N)n1. The first-order valence-corrected chi connectivity index (χ1v) is 14.8. The number of oxime groups is 1. The number of nitrogens with zero attached hydrogens (tertiary/aromatic N) is 6. The van der Waals surface area contributed by atoms with Crippen molar-refractivity contribution in [2.45, 2.75) is 37.8 Å². The molecule has 3 aromatic rings. The Labute approximate surface area is 243 Å². The number of pyridine rings is 1. The molecule has 5 heterocycles. The van der Waals surface area contributed by atoms with Gasteiger partial charge in [0.05, 0.1) is 11.7 Å². The molecule has 4 N–H and O–H groups in total. The highest BCUT2D eigenvalue weighted by atomic mass is 32.2. The summed E-state index contributed by atoms with van der Waals surface area (Å²) in [7, 11) is 1.92. The first kappa shape index (κ1) is 28.5. The number of nitrogens with two attached hydrogens (primary N) is 1. The molecule has 216 valence electrons. The van der Waals surface area contributed by atoms with Crippen molar-refractivity contribution >= 4 is 63.0 Å². The van der Waals surface area contributed by atoms with Gasteiger partial charge >= 0.3 is 0 Å². The molecule has 5 rings (SSSR count). The van der Waals surface area contributed by atoms with Crippen LogP contribution in [0.4, 0.5) is 5.13 Å². The molecule has 2 amide bonds. The topological polar surface area (TPSA) is 184 Å². The summed E-state index contributed by atoms with van der Waals surface area (Å²) in [4.78, 5) is 48.7. The van der Waals surface area contributed by atoms with Gasteiger partial charge in [0.25, 0.3) is 11.8 Å². The Balaban J connectivity index is 1.35. The Morgan fingerprint density at radius 3 is 2.90 bits per heavy atom. The maximum Gasteiger partial charge on any atom is 0.278 e. The minimum Gasteiger partial charge on any atom is -0.543 e. The number of aromatic nitrogens is 4. The number of carboxylic acid groups (broad SMARTS) is 1. The van der Waals surface area contributed by atoms with Crippen LogP contribution < -0.4 is 26.0 Å². The molecule has 0 aliphatic carbocycles. The average Bonchev–Trinajstić information content (AvgIpc) is 3.58. The lowest BCUT2D eigenvalue weighted by Gasteiger charge is -2.50. The fourth-order valence-electron chi connectivity index (χ4n) is 4.83. The number of carboxylic acids is 1. The van der Waals surface area contributed by atoms with Gasteiger partial charge in [-0.05, 0) is 33.0 Å². The van der Waals surface area contributed by atoms with Crippen LogP contribution in [0.25, 0.3) is 11.0 Å². The Bertz CT molecular complexity index is 1550. The third kappa shape index (κ3) is 5.62. The van der Waals surface area contributed by atoms with Crippen LogP contribution in [0.5, 0.6) is 0 Å². The quantitative estimate of drug-likeness (QED) is 0.0753. The van der Waals surface area contributed by atoms with Gasteiger partial charge in [-0.25, -0.2) is 0 Å². The molecule has 2 atom stereocenters. The highest BCUT2D eigenvalue weighted by Crippen LogP contribution is 2.40. The summed E-state index contributed by atoms with van der Waals surface area (Å²) < 4.78 is 8.13. The molecular weight excluding hydrogens is 570 g/mol. The standard InChI is InChI=1S/C25H29N9O5S2/c1-3-39-30-17(20-29-25(26)41-31-20)21(35)28-18-22(36)34-19(24(37)38)14(13-40-23(18)34)12-33-9-4-6-15-16(33)7-11-32(15)10-5-8-27-2/h4,6-7,9,11,18,23,27H,3,5,8,10,12-13H2,1-2H3,(H3-,26,28,29,31,35,37,38)/b30-17-/t18-,23-/m1/s1. The molecule has 0 radical (unpaired) electrons. The molecule has 0 aromatic carbocycles. The number of aliphatic carboxylic acids is 1. The van der Waals surface area contributed by atoms with Crippen LogP contribution >= 0.6 is 23.3 Å². The van der Waals surface area contributed by atoms with E-state index in [4.69, 9.17) is 10.6 Å². The van der Waals surface area contributed by atoms with Crippen LogP contribution in [0.2, 0.25) is 0 Å². The normalized spacial score (nSPS) is 18.8. The number of rotatable bonds is 12. The zero-order chi connectivity index (χ0) is 29.1. The Hall–Kier alpha value is -4.02. The Morgan fingerprint density at radius 2 is 2.20 bits per heavy atom. The molecular formula is C25H29N9O5S2. The lowest BCUT2D eigenvalue weighted by atomic mass is 10.0. The molecule has 2 aliphatic rings. The maximum atomic E-state index is 13.2. The number of aryl methyl sites for hydroxylation is 1. The van der Waals surface area contributed by atoms with Crippen LogP contribution in [0.3, 0.4) is 0 Å². The van der Waals surface area contributed by atoms with Crippen molar-refractivity contribution in [3.63, 3.8) is 0 Å². The zero-order valence-corrected chi connectivity index (χ0v) is 24.0. The van der Waals surface area contributed by atoms with Crippen molar-refractivity contribution in [2.75, 3.05) is 31.7 Å². The van der Waals surface area contributed by atoms with E-state index in [9.17, 15) is 19.5 Å². The van der Waals surface area contributed by atoms with E-state index < -0.39 is 29.2 Å². The average molecular weight is 600 g/mol. The lowest BCUT2D eigenvalue weighted by Crippen LogP contribution is -2.71. The van der Waals surface area contributed by atoms with E-state index >= 15 is 0 Å². The minimum atomic E-state index is -1.44. The predicted octanol–water partition coefficient (Wildman–Crippen LogP) is -1.18. The van der Waals surface area contributed by atoms with E-state index in [1.54, 1.807) is 6.92 Å². The third-order valence-electron chi connectivity index (χ3n) is 6.68. The fraction of sp³-hybridized carbons (Fsp3) is 0.400. The van der Waals surface area contributed by atoms with Crippen molar-refractivity contribution in [2.24, 2.45) is 5.16 Å². The summed E-state index contributed by atoms with van der Waals surface area (Å²) in [6, 6.07) is 4.96. The van der Waals surface area contributed by atoms with Crippen molar-refractivity contribution in [3.05, 3.63) is 47.7 Å². The molecule has 14 nitrogen and oxygen atoms in total. The number of nitrogens with one attached hydrogen (secondary N) is 2. The number of thioether (sulfide) groups is 1. The van der Waals surface area contributed by atoms with Gasteiger partial charge in [-0.15, -0.1) is 11.8 Å². The molecule has 1 saturated heterocycles. The first-order valence-electron chi connectivity index (χ1n) is 12.9. The second kappa shape index (κ2) is 12.2. The molecule has 3 aromatic heterocycles. The van der Waals surface area contributed by atoms with Crippen LogP contribution in [-0.2, 0) is 32.3 Å². The number of nitrogen functional groups attached to an aromatic ring is 1. The van der Waals surface area contributed by atoms with Crippen LogP contribution in [0, 0.1) is 0 Å². The van der Waals surface area contributed by atoms with Crippen LogP contribution in [-0.4, -0.2) is 79.7 Å². The largest absolute Gasteiger partial charge is 0.543 e. The number of fused-ring (bicyclic) bond motifs is 2. The van der Waals surface area contributed by atoms with Crippen molar-refractivity contribution in [1.29, 1.82) is 0 Å². The van der Waals surface area contributed by atoms with E-state index in [1.807, 2.05) is 42.2 Å². The van der Waals surface area contributed by atoms with Crippen molar-refractivity contribution in [1.82, 2.24) is 29.5 Å². The van der Waals surface area contributed by atoms with Gasteiger partial charge in [-0.1, -0.05) is 5.16 Å². The monoisotopic (exact) mass is 599 g/mol. The van der Waals surface area contributed by atoms with Gasteiger partial charge < -0.3 is 35.7 Å². The smallest absolute Gasteiger partial charge is 0.278 e. The molecule has 2 aliphatic heterocycles. The minimum absolute atomic E-state index is 0.0296. The summed E-state index contributed by atoms with van der Waals surface area (Å²) in [5.41, 5.74) is 7.77. The number of hydrogen-bond acceptors (Lipinski definition) is 12. The Morgan fingerprint density at radius 1 is 1.37 bits per heavy atom. The van der Waals surface area contributed by atoms with Gasteiger partial charge in [0, 0.05) is 47.7 Å². The molecule has 16 heteroatoms. The third-order valence-corrected chi connectivity index (χ3v) is 8.56. The van der Waals surface area contributed by atoms with Crippen LogP contribution in [0.15, 0.2) is 47.0 Å². The van der Waals surface area contributed by atoms with Gasteiger partial charge in [-0.2, -0.15) is 13.9 Å². The summed E-state index contributed by atoms with van der Waals surface area (Å²) in [6.45, 7) is 3.90. The molecule has 0 bridgehead atoms. The number of β-lactam (4-membered cyclic amide) rings is 1. The second-order valence-corrected chi connectivity index (χ2v) is 11.2. The van der Waals surface area contributed by atoms with Crippen molar-refractivity contribution < 1.29 is 28.9 Å². The lowest BCUT2D eigenvalue weighted by molar-refractivity contribution is -0.663. The van der Waals surface area contributed by atoms with Gasteiger partial charge in [0.1, 0.15) is 23.5 Å². The molecule has 1 fully saturated rings. The summed E-state index contributed by atoms with van der Waals surface area (Å²) in [5.74, 6) is -2.44. The second-order valence-electron chi connectivity index (χ2n) is 9.29. The van der Waals surface area contributed by atoms with E-state index in [0.717, 1.165) is 42.1 Å². The highest BCUT2D eigenvalue weighted by molar-refractivity contribution is 8.00. The molecule has 0 unspecified atom stereocenters.